The van der Waals surface area contributed by atoms with Crippen molar-refractivity contribution in [2.75, 3.05) is 13.1 Å². The first kappa shape index (κ1) is 12.1. The highest BCUT2D eigenvalue weighted by Gasteiger charge is 2.26. The Hall–Kier alpha value is -1.38. The molecule has 90 valence electrons. The van der Waals surface area contributed by atoms with Crippen LogP contribution in [0, 0.1) is 11.3 Å². The van der Waals surface area contributed by atoms with Crippen molar-refractivity contribution >= 4 is 10.0 Å². The second kappa shape index (κ2) is 4.86. The lowest BCUT2D eigenvalue weighted by Gasteiger charge is -2.15. The van der Waals surface area contributed by atoms with Crippen LogP contribution in [-0.2, 0) is 15.8 Å². The van der Waals surface area contributed by atoms with E-state index in [9.17, 15) is 8.42 Å². The Bertz CT molecular complexity index is 540. The van der Waals surface area contributed by atoms with Gasteiger partial charge >= 0.3 is 0 Å². The second-order valence-corrected chi connectivity index (χ2v) is 6.10. The smallest absolute Gasteiger partial charge is 0.212 e. The van der Waals surface area contributed by atoms with Gasteiger partial charge in [-0.1, -0.05) is 18.2 Å². The average Bonchev–Trinajstić information content (AvgIpc) is 2.83. The third kappa shape index (κ3) is 2.65. The first-order valence-corrected chi connectivity index (χ1v) is 7.20. The number of nitrogens with zero attached hydrogens (tertiary/aromatic N) is 2. The summed E-state index contributed by atoms with van der Waals surface area (Å²) in [7, 11) is -3.26. The summed E-state index contributed by atoms with van der Waals surface area (Å²) < 4.78 is 25.7. The predicted octanol–water partition coefficient (Wildman–Crippen LogP) is 1.48. The van der Waals surface area contributed by atoms with Crippen LogP contribution in [0.3, 0.4) is 0 Å². The minimum absolute atomic E-state index is 0.0727. The molecule has 5 heteroatoms. The van der Waals surface area contributed by atoms with E-state index in [0.717, 1.165) is 12.8 Å². The topological polar surface area (TPSA) is 61.2 Å². The summed E-state index contributed by atoms with van der Waals surface area (Å²) >= 11 is 0. The maximum Gasteiger partial charge on any atom is 0.218 e. The fraction of sp³-hybridized carbons (Fsp3) is 0.417. The molecular weight excluding hydrogens is 236 g/mol. The van der Waals surface area contributed by atoms with Gasteiger partial charge in [0, 0.05) is 13.1 Å². The number of nitriles is 1. The van der Waals surface area contributed by atoms with Gasteiger partial charge in [-0.3, -0.25) is 0 Å². The maximum atomic E-state index is 12.1. The molecule has 0 saturated carbocycles. The van der Waals surface area contributed by atoms with Gasteiger partial charge in [0.05, 0.1) is 17.4 Å². The molecule has 1 saturated heterocycles. The van der Waals surface area contributed by atoms with Crippen LogP contribution in [0.4, 0.5) is 0 Å². The lowest BCUT2D eigenvalue weighted by atomic mass is 10.1. The van der Waals surface area contributed by atoms with Crippen LogP contribution >= 0.6 is 0 Å². The summed E-state index contributed by atoms with van der Waals surface area (Å²) in [6.07, 6.45) is 1.86. The zero-order valence-electron chi connectivity index (χ0n) is 9.46. The van der Waals surface area contributed by atoms with Crippen molar-refractivity contribution in [1.29, 1.82) is 5.26 Å². The summed E-state index contributed by atoms with van der Waals surface area (Å²) in [6, 6.07) is 8.87. The Labute approximate surface area is 102 Å². The SMILES string of the molecule is N#Cc1ccccc1CS(=O)(=O)N1CCCC1. The van der Waals surface area contributed by atoms with E-state index in [1.807, 2.05) is 6.07 Å². The molecule has 2 rings (SSSR count). The molecule has 1 aromatic carbocycles. The standard InChI is InChI=1S/C12H14N2O2S/c13-9-11-5-1-2-6-12(11)10-17(15,16)14-7-3-4-8-14/h1-2,5-6H,3-4,7-8,10H2. The van der Waals surface area contributed by atoms with Crippen molar-refractivity contribution in [1.82, 2.24) is 4.31 Å². The molecule has 0 bridgehead atoms. The lowest BCUT2D eigenvalue weighted by molar-refractivity contribution is 0.476. The average molecular weight is 250 g/mol. The quantitative estimate of drug-likeness (QED) is 0.816. The Morgan fingerprint density at radius 3 is 2.53 bits per heavy atom. The molecule has 0 unspecified atom stereocenters. The summed E-state index contributed by atoms with van der Waals surface area (Å²) in [4.78, 5) is 0. The molecule has 1 aliphatic heterocycles. The number of rotatable bonds is 3. The zero-order valence-corrected chi connectivity index (χ0v) is 10.3. The highest BCUT2D eigenvalue weighted by Crippen LogP contribution is 2.18. The van der Waals surface area contributed by atoms with E-state index in [1.54, 1.807) is 24.3 Å². The Kier molecular flexibility index (Phi) is 3.46. The number of hydrogen-bond acceptors (Lipinski definition) is 3. The molecule has 0 aromatic heterocycles. The van der Waals surface area contributed by atoms with E-state index in [-0.39, 0.29) is 5.75 Å². The largest absolute Gasteiger partial charge is 0.218 e. The molecule has 1 aromatic rings. The first-order valence-electron chi connectivity index (χ1n) is 5.59. The van der Waals surface area contributed by atoms with E-state index in [4.69, 9.17) is 5.26 Å². The monoisotopic (exact) mass is 250 g/mol. The van der Waals surface area contributed by atoms with Crippen LogP contribution < -0.4 is 0 Å². The Morgan fingerprint density at radius 2 is 1.88 bits per heavy atom. The molecule has 1 heterocycles. The van der Waals surface area contributed by atoms with Gasteiger partial charge in [-0.2, -0.15) is 5.26 Å². The van der Waals surface area contributed by atoms with Gasteiger partial charge < -0.3 is 0 Å². The maximum absolute atomic E-state index is 12.1. The van der Waals surface area contributed by atoms with Crippen LogP contribution in [0.5, 0.6) is 0 Å². The number of hydrogen-bond donors (Lipinski definition) is 0. The summed E-state index contributed by atoms with van der Waals surface area (Å²) in [5.41, 5.74) is 1.03. The fourth-order valence-corrected chi connectivity index (χ4v) is 3.65. The van der Waals surface area contributed by atoms with Gasteiger partial charge in [0.15, 0.2) is 0 Å². The van der Waals surface area contributed by atoms with Crippen molar-refractivity contribution in [2.45, 2.75) is 18.6 Å². The Balaban J connectivity index is 2.23. The molecule has 0 N–H and O–H groups in total. The number of benzene rings is 1. The van der Waals surface area contributed by atoms with E-state index < -0.39 is 10.0 Å². The molecule has 0 atom stereocenters. The normalized spacial score (nSPS) is 16.9. The molecule has 0 radical (unpaired) electrons. The molecule has 1 aliphatic rings. The van der Waals surface area contributed by atoms with Crippen molar-refractivity contribution in [3.8, 4) is 6.07 Å². The van der Waals surface area contributed by atoms with E-state index in [2.05, 4.69) is 0 Å². The van der Waals surface area contributed by atoms with Gasteiger partial charge in [-0.25, -0.2) is 12.7 Å². The minimum atomic E-state index is -3.26. The van der Waals surface area contributed by atoms with Gasteiger partial charge in [0.1, 0.15) is 0 Å². The highest BCUT2D eigenvalue weighted by atomic mass is 32.2. The molecular formula is C12H14N2O2S. The molecule has 1 fully saturated rings. The number of sulfonamides is 1. The minimum Gasteiger partial charge on any atom is -0.212 e. The van der Waals surface area contributed by atoms with Crippen LogP contribution in [-0.4, -0.2) is 25.8 Å². The van der Waals surface area contributed by atoms with Crippen LogP contribution in [0.15, 0.2) is 24.3 Å². The van der Waals surface area contributed by atoms with Gasteiger partial charge in [0.25, 0.3) is 0 Å². The van der Waals surface area contributed by atoms with Crippen molar-refractivity contribution < 1.29 is 8.42 Å². The van der Waals surface area contributed by atoms with Crippen molar-refractivity contribution in [2.24, 2.45) is 0 Å². The summed E-state index contributed by atoms with van der Waals surface area (Å²) in [5.74, 6) is -0.0727. The van der Waals surface area contributed by atoms with Gasteiger partial charge in [-0.15, -0.1) is 0 Å². The molecule has 0 amide bonds. The molecule has 17 heavy (non-hydrogen) atoms. The van der Waals surface area contributed by atoms with E-state index in [0.29, 0.717) is 24.2 Å². The molecule has 0 spiro atoms. The van der Waals surface area contributed by atoms with E-state index in [1.165, 1.54) is 4.31 Å². The summed E-state index contributed by atoms with van der Waals surface area (Å²) in [6.45, 7) is 1.22. The highest BCUT2D eigenvalue weighted by molar-refractivity contribution is 7.88. The molecule has 4 nitrogen and oxygen atoms in total. The van der Waals surface area contributed by atoms with Crippen LogP contribution in [0.1, 0.15) is 24.0 Å². The first-order chi connectivity index (χ1) is 8.13. The molecule has 0 aliphatic carbocycles. The third-order valence-corrected chi connectivity index (χ3v) is 4.76. The Morgan fingerprint density at radius 1 is 1.24 bits per heavy atom. The second-order valence-electron chi connectivity index (χ2n) is 4.13. The predicted molar refractivity (Wildman–Crippen MR) is 64.6 cm³/mol. The third-order valence-electron chi connectivity index (χ3n) is 2.93. The lowest BCUT2D eigenvalue weighted by Crippen LogP contribution is -2.29. The van der Waals surface area contributed by atoms with Crippen molar-refractivity contribution in [3.63, 3.8) is 0 Å². The van der Waals surface area contributed by atoms with Gasteiger partial charge in [0.2, 0.25) is 10.0 Å². The van der Waals surface area contributed by atoms with Crippen LogP contribution in [0.25, 0.3) is 0 Å². The van der Waals surface area contributed by atoms with Crippen LogP contribution in [0.2, 0.25) is 0 Å². The van der Waals surface area contributed by atoms with E-state index >= 15 is 0 Å². The summed E-state index contributed by atoms with van der Waals surface area (Å²) in [5, 5.41) is 8.92. The zero-order chi connectivity index (χ0) is 12.3. The van der Waals surface area contributed by atoms with Gasteiger partial charge in [-0.05, 0) is 24.5 Å². The fourth-order valence-electron chi connectivity index (χ4n) is 2.01. The van der Waals surface area contributed by atoms with Crippen molar-refractivity contribution in [3.05, 3.63) is 35.4 Å².